The molecule has 78 valence electrons. The molecule has 0 aliphatic heterocycles. The summed E-state index contributed by atoms with van der Waals surface area (Å²) >= 11 is 0. The topological polar surface area (TPSA) is 55.0 Å². The lowest BCUT2D eigenvalue weighted by Gasteiger charge is -2.04. The van der Waals surface area contributed by atoms with Crippen molar-refractivity contribution in [2.24, 2.45) is 0 Å². The normalized spacial score (nSPS) is 10.6. The maximum Gasteiger partial charge on any atom is 0.339 e. The fourth-order valence-electron chi connectivity index (χ4n) is 1.76. The molecule has 4 nitrogen and oxygen atoms in total. The number of nitrogens with one attached hydrogen (secondary N) is 1. The zero-order valence-corrected chi connectivity index (χ0v) is 8.92. The van der Waals surface area contributed by atoms with Crippen molar-refractivity contribution >= 4 is 17.0 Å². The van der Waals surface area contributed by atoms with Crippen molar-refractivity contribution in [2.75, 3.05) is 7.11 Å². The fourth-order valence-corrected chi connectivity index (χ4v) is 1.76. The van der Waals surface area contributed by atoms with Gasteiger partial charge in [-0.15, -0.1) is 0 Å². The van der Waals surface area contributed by atoms with Crippen LogP contribution in [0.5, 0.6) is 0 Å². The predicted octanol–water partition coefficient (Wildman–Crippen LogP) is 1.97. The summed E-state index contributed by atoms with van der Waals surface area (Å²) < 4.78 is 4.69. The van der Waals surface area contributed by atoms with E-state index in [2.05, 4.69) is 9.97 Å². The first kappa shape index (κ1) is 9.71. The number of carbonyl (C=O) groups is 1. The van der Waals surface area contributed by atoms with Crippen molar-refractivity contribution in [3.05, 3.63) is 29.1 Å². The zero-order valence-electron chi connectivity index (χ0n) is 8.92. The lowest BCUT2D eigenvalue weighted by molar-refractivity contribution is 0.0599. The Bertz CT molecular complexity index is 529. The third-order valence-electron chi connectivity index (χ3n) is 2.56. The van der Waals surface area contributed by atoms with Gasteiger partial charge in [0.25, 0.3) is 0 Å². The van der Waals surface area contributed by atoms with Gasteiger partial charge in [-0.1, -0.05) is 0 Å². The lowest BCUT2D eigenvalue weighted by Crippen LogP contribution is -2.04. The smallest absolute Gasteiger partial charge is 0.339 e. The quantitative estimate of drug-likeness (QED) is 0.722. The van der Waals surface area contributed by atoms with E-state index in [-0.39, 0.29) is 5.97 Å². The molecule has 0 aliphatic rings. The van der Waals surface area contributed by atoms with Crippen molar-refractivity contribution in [1.29, 1.82) is 0 Å². The molecular formula is C11H12N2O2. The van der Waals surface area contributed by atoms with E-state index in [0.29, 0.717) is 5.56 Å². The monoisotopic (exact) mass is 204 g/mol. The molecule has 1 N–H and O–H groups in total. The first-order valence-electron chi connectivity index (χ1n) is 4.66. The van der Waals surface area contributed by atoms with Crippen LogP contribution in [0.1, 0.15) is 21.5 Å². The Kier molecular flexibility index (Phi) is 2.19. The number of pyridine rings is 1. The molecule has 0 saturated carbocycles. The number of carbonyl (C=O) groups excluding carboxylic acids is 1. The minimum absolute atomic E-state index is 0.345. The minimum Gasteiger partial charge on any atom is -0.465 e. The summed E-state index contributed by atoms with van der Waals surface area (Å²) in [5.74, 6) is -0.345. The average molecular weight is 204 g/mol. The molecule has 0 radical (unpaired) electrons. The predicted molar refractivity (Wildman–Crippen MR) is 56.9 cm³/mol. The highest BCUT2D eigenvalue weighted by atomic mass is 16.5. The van der Waals surface area contributed by atoms with Gasteiger partial charge in [0.05, 0.1) is 12.7 Å². The molecular weight excluding hydrogens is 192 g/mol. The highest BCUT2D eigenvalue weighted by Crippen LogP contribution is 2.22. The minimum atomic E-state index is -0.345. The van der Waals surface area contributed by atoms with Gasteiger partial charge in [0, 0.05) is 17.8 Å². The van der Waals surface area contributed by atoms with Crippen molar-refractivity contribution in [2.45, 2.75) is 13.8 Å². The van der Waals surface area contributed by atoms with Crippen molar-refractivity contribution in [3.63, 3.8) is 0 Å². The van der Waals surface area contributed by atoms with Gasteiger partial charge in [0.15, 0.2) is 0 Å². The van der Waals surface area contributed by atoms with E-state index in [1.165, 1.54) is 7.11 Å². The standard InChI is InChI=1S/C11H12N2O2/c1-6-4-12-10-9(6)7(2)8(5-13-10)11(14)15-3/h4-5H,1-3H3,(H,12,13). The summed E-state index contributed by atoms with van der Waals surface area (Å²) in [6.07, 6.45) is 3.42. The molecule has 0 fully saturated rings. The third-order valence-corrected chi connectivity index (χ3v) is 2.56. The Morgan fingerprint density at radius 2 is 2.20 bits per heavy atom. The van der Waals surface area contributed by atoms with Gasteiger partial charge in [-0.3, -0.25) is 0 Å². The molecule has 0 aliphatic carbocycles. The molecule has 0 amide bonds. The van der Waals surface area contributed by atoms with E-state index in [1.807, 2.05) is 20.0 Å². The first-order valence-corrected chi connectivity index (χ1v) is 4.66. The molecule has 2 heterocycles. The Labute approximate surface area is 87.3 Å². The molecule has 4 heteroatoms. The van der Waals surface area contributed by atoms with Crippen LogP contribution in [-0.2, 0) is 4.74 Å². The van der Waals surface area contributed by atoms with Crippen LogP contribution in [0, 0.1) is 13.8 Å². The summed E-state index contributed by atoms with van der Waals surface area (Å²) in [4.78, 5) is 18.7. The summed E-state index contributed by atoms with van der Waals surface area (Å²) in [7, 11) is 1.37. The van der Waals surface area contributed by atoms with E-state index < -0.39 is 0 Å². The molecule has 2 aromatic rings. The number of ether oxygens (including phenoxy) is 1. The molecule has 0 saturated heterocycles. The van der Waals surface area contributed by atoms with E-state index in [0.717, 1.165) is 22.2 Å². The van der Waals surface area contributed by atoms with Crippen LogP contribution >= 0.6 is 0 Å². The number of aromatic amines is 1. The highest BCUT2D eigenvalue weighted by molar-refractivity contribution is 5.97. The number of rotatable bonds is 1. The van der Waals surface area contributed by atoms with Crippen LogP contribution in [0.3, 0.4) is 0 Å². The second kappa shape index (κ2) is 3.38. The number of methoxy groups -OCH3 is 1. The summed E-state index contributed by atoms with van der Waals surface area (Å²) in [5.41, 5.74) is 3.32. The van der Waals surface area contributed by atoms with Gasteiger partial charge < -0.3 is 9.72 Å². The number of esters is 1. The third kappa shape index (κ3) is 1.38. The Morgan fingerprint density at radius 3 is 2.87 bits per heavy atom. The largest absolute Gasteiger partial charge is 0.465 e. The molecule has 15 heavy (non-hydrogen) atoms. The summed E-state index contributed by atoms with van der Waals surface area (Å²) in [5, 5.41) is 0.998. The van der Waals surface area contributed by atoms with E-state index in [1.54, 1.807) is 6.20 Å². The van der Waals surface area contributed by atoms with Gasteiger partial charge in [-0.25, -0.2) is 9.78 Å². The number of fused-ring (bicyclic) bond motifs is 1. The number of hydrogen-bond donors (Lipinski definition) is 1. The molecule has 0 spiro atoms. The number of H-pyrrole nitrogens is 1. The molecule has 0 bridgehead atoms. The average Bonchev–Trinajstić information content (AvgIpc) is 2.61. The molecule has 0 unspecified atom stereocenters. The van der Waals surface area contributed by atoms with Gasteiger partial charge in [0.1, 0.15) is 5.65 Å². The summed E-state index contributed by atoms with van der Waals surface area (Å²) in [6, 6.07) is 0. The van der Waals surface area contributed by atoms with Crippen LogP contribution in [0.15, 0.2) is 12.4 Å². The van der Waals surface area contributed by atoms with Crippen molar-refractivity contribution in [1.82, 2.24) is 9.97 Å². The lowest BCUT2D eigenvalue weighted by atomic mass is 10.1. The highest BCUT2D eigenvalue weighted by Gasteiger charge is 2.14. The van der Waals surface area contributed by atoms with Crippen LogP contribution in [0.2, 0.25) is 0 Å². The Balaban J connectivity index is 2.74. The van der Waals surface area contributed by atoms with Crippen LogP contribution in [-0.4, -0.2) is 23.0 Å². The number of aryl methyl sites for hydroxylation is 2. The first-order chi connectivity index (χ1) is 7.15. The molecule has 2 aromatic heterocycles. The van der Waals surface area contributed by atoms with Gasteiger partial charge in [-0.05, 0) is 25.0 Å². The summed E-state index contributed by atoms with van der Waals surface area (Å²) in [6.45, 7) is 3.88. The van der Waals surface area contributed by atoms with Crippen LogP contribution < -0.4 is 0 Å². The van der Waals surface area contributed by atoms with Crippen LogP contribution in [0.4, 0.5) is 0 Å². The van der Waals surface area contributed by atoms with Crippen molar-refractivity contribution < 1.29 is 9.53 Å². The second-order valence-electron chi connectivity index (χ2n) is 3.48. The molecule has 2 rings (SSSR count). The number of hydrogen-bond acceptors (Lipinski definition) is 3. The van der Waals surface area contributed by atoms with E-state index in [4.69, 9.17) is 4.74 Å². The molecule has 0 aromatic carbocycles. The fraction of sp³-hybridized carbons (Fsp3) is 0.273. The number of nitrogens with zero attached hydrogens (tertiary/aromatic N) is 1. The molecule has 0 atom stereocenters. The Morgan fingerprint density at radius 1 is 1.47 bits per heavy atom. The van der Waals surface area contributed by atoms with Gasteiger partial charge >= 0.3 is 5.97 Å². The van der Waals surface area contributed by atoms with Crippen LogP contribution in [0.25, 0.3) is 11.0 Å². The second-order valence-corrected chi connectivity index (χ2v) is 3.48. The number of aromatic nitrogens is 2. The van der Waals surface area contributed by atoms with Gasteiger partial charge in [0.2, 0.25) is 0 Å². The SMILES string of the molecule is COC(=O)c1cnc2[nH]cc(C)c2c1C. The van der Waals surface area contributed by atoms with Crippen molar-refractivity contribution in [3.8, 4) is 0 Å². The maximum atomic E-state index is 11.4. The Hall–Kier alpha value is -1.84. The van der Waals surface area contributed by atoms with E-state index >= 15 is 0 Å². The zero-order chi connectivity index (χ0) is 11.0. The van der Waals surface area contributed by atoms with Gasteiger partial charge in [-0.2, -0.15) is 0 Å². The van der Waals surface area contributed by atoms with E-state index in [9.17, 15) is 4.79 Å². The maximum absolute atomic E-state index is 11.4.